The van der Waals surface area contributed by atoms with E-state index < -0.39 is 22.7 Å². The van der Waals surface area contributed by atoms with Gasteiger partial charge >= 0.3 is 6.18 Å². The Morgan fingerprint density at radius 3 is 2.39 bits per heavy atom. The standard InChI is InChI=1S/C23H15ClF3N3O2.CH4/c24-20-6-4-16(11-19(20)23(25,26)27)30-22(31)14-2-1-13-3-5-17(10-15(13)9-14)32-18-7-8-29-21(28)12-18;/h1-12H,(H2,28,29)(H,30,31);1H4. The Morgan fingerprint density at radius 1 is 0.939 bits per heavy atom. The topological polar surface area (TPSA) is 77.2 Å². The summed E-state index contributed by atoms with van der Waals surface area (Å²) >= 11 is 5.63. The number of nitrogen functional groups attached to an aromatic ring is 1. The number of nitrogens with zero attached hydrogens (tertiary/aromatic N) is 1. The van der Waals surface area contributed by atoms with Gasteiger partial charge in [-0.3, -0.25) is 4.79 Å². The van der Waals surface area contributed by atoms with Gasteiger partial charge in [0.2, 0.25) is 0 Å². The van der Waals surface area contributed by atoms with Crippen molar-refractivity contribution in [3.8, 4) is 11.5 Å². The molecule has 3 aromatic carbocycles. The number of ether oxygens (including phenoxy) is 1. The molecule has 0 saturated carbocycles. The summed E-state index contributed by atoms with van der Waals surface area (Å²) in [7, 11) is 0. The minimum Gasteiger partial charge on any atom is -0.457 e. The number of carbonyl (C=O) groups excluding carboxylic acids is 1. The van der Waals surface area contributed by atoms with Crippen LogP contribution in [0, 0.1) is 0 Å². The second-order valence-corrected chi connectivity index (χ2v) is 7.30. The molecule has 0 aliphatic carbocycles. The monoisotopic (exact) mass is 473 g/mol. The van der Waals surface area contributed by atoms with Crippen molar-refractivity contribution in [2.45, 2.75) is 13.6 Å². The van der Waals surface area contributed by atoms with Crippen LogP contribution in [-0.2, 0) is 6.18 Å². The van der Waals surface area contributed by atoms with Crippen molar-refractivity contribution in [1.82, 2.24) is 4.98 Å². The van der Waals surface area contributed by atoms with Gasteiger partial charge in [-0.15, -0.1) is 0 Å². The Balaban J connectivity index is 0.00000306. The lowest BCUT2D eigenvalue weighted by atomic mass is 10.1. The predicted octanol–water partition coefficient (Wildman–Crippen LogP) is 7.17. The van der Waals surface area contributed by atoms with Crippen molar-refractivity contribution in [1.29, 1.82) is 0 Å². The number of aromatic nitrogens is 1. The van der Waals surface area contributed by atoms with E-state index in [1.54, 1.807) is 42.5 Å². The van der Waals surface area contributed by atoms with Crippen LogP contribution in [0.4, 0.5) is 24.7 Å². The van der Waals surface area contributed by atoms with Crippen LogP contribution in [-0.4, -0.2) is 10.9 Å². The molecule has 0 spiro atoms. The Kier molecular flexibility index (Phi) is 6.78. The second kappa shape index (κ2) is 9.38. The molecule has 3 N–H and O–H groups in total. The predicted molar refractivity (Wildman–Crippen MR) is 124 cm³/mol. The zero-order valence-electron chi connectivity index (χ0n) is 16.3. The van der Waals surface area contributed by atoms with Crippen molar-refractivity contribution >= 4 is 39.8 Å². The van der Waals surface area contributed by atoms with E-state index in [1.165, 1.54) is 12.3 Å². The highest BCUT2D eigenvalue weighted by atomic mass is 35.5. The zero-order chi connectivity index (χ0) is 22.9. The molecule has 4 rings (SSSR count). The number of anilines is 2. The average Bonchev–Trinajstić information content (AvgIpc) is 2.74. The number of carbonyl (C=O) groups is 1. The molecule has 0 aliphatic heterocycles. The van der Waals surface area contributed by atoms with Crippen LogP contribution in [0.3, 0.4) is 0 Å². The molecule has 0 unspecified atom stereocenters. The number of alkyl halides is 3. The van der Waals surface area contributed by atoms with Crippen molar-refractivity contribution < 1.29 is 22.7 Å². The van der Waals surface area contributed by atoms with Gasteiger partial charge in [-0.2, -0.15) is 13.2 Å². The summed E-state index contributed by atoms with van der Waals surface area (Å²) in [6.07, 6.45) is -3.11. The Bertz CT molecular complexity index is 1330. The summed E-state index contributed by atoms with van der Waals surface area (Å²) in [4.78, 5) is 16.5. The number of pyridine rings is 1. The number of fused-ring (bicyclic) bond motifs is 1. The van der Waals surface area contributed by atoms with Crippen molar-refractivity contribution in [3.63, 3.8) is 0 Å². The summed E-state index contributed by atoms with van der Waals surface area (Å²) in [5.41, 5.74) is 4.89. The summed E-state index contributed by atoms with van der Waals surface area (Å²) in [6.45, 7) is 0. The lowest BCUT2D eigenvalue weighted by molar-refractivity contribution is -0.137. The SMILES string of the molecule is C.Nc1cc(Oc2ccc3ccc(C(=O)Nc4ccc(Cl)c(C(F)(F)F)c4)cc3c2)ccn1. The number of nitrogens with two attached hydrogens (primary N) is 1. The smallest absolute Gasteiger partial charge is 0.417 e. The van der Waals surface area contributed by atoms with Crippen LogP contribution in [0.2, 0.25) is 5.02 Å². The number of nitrogens with one attached hydrogen (secondary N) is 1. The van der Waals surface area contributed by atoms with Gasteiger partial charge in [0.15, 0.2) is 0 Å². The molecule has 0 radical (unpaired) electrons. The fourth-order valence-corrected chi connectivity index (χ4v) is 3.31. The molecule has 0 saturated heterocycles. The lowest BCUT2D eigenvalue weighted by Crippen LogP contribution is -2.13. The summed E-state index contributed by atoms with van der Waals surface area (Å²) in [5, 5.41) is 3.60. The third-order valence-electron chi connectivity index (χ3n) is 4.59. The van der Waals surface area contributed by atoms with Gasteiger partial charge in [-0.05, 0) is 59.3 Å². The molecule has 33 heavy (non-hydrogen) atoms. The van der Waals surface area contributed by atoms with Gasteiger partial charge in [0.05, 0.1) is 10.6 Å². The molecule has 1 amide bonds. The highest BCUT2D eigenvalue weighted by Crippen LogP contribution is 2.36. The summed E-state index contributed by atoms with van der Waals surface area (Å²) in [5.74, 6) is 0.788. The average molecular weight is 474 g/mol. The maximum absolute atomic E-state index is 13.1. The van der Waals surface area contributed by atoms with E-state index in [0.717, 1.165) is 17.5 Å². The van der Waals surface area contributed by atoms with Crippen molar-refractivity contribution in [3.05, 3.63) is 89.1 Å². The number of rotatable bonds is 4. The zero-order valence-corrected chi connectivity index (χ0v) is 17.0. The minimum absolute atomic E-state index is 0. The molecule has 0 aliphatic rings. The number of halogens is 4. The summed E-state index contributed by atoms with van der Waals surface area (Å²) in [6, 6.07) is 16.7. The van der Waals surface area contributed by atoms with Crippen LogP contribution in [0.1, 0.15) is 23.3 Å². The van der Waals surface area contributed by atoms with Gasteiger partial charge in [0.25, 0.3) is 5.91 Å². The summed E-state index contributed by atoms with van der Waals surface area (Å²) < 4.78 is 45.0. The molecular formula is C24H19ClF3N3O2. The number of amides is 1. The van der Waals surface area contributed by atoms with Crippen LogP contribution >= 0.6 is 11.6 Å². The number of hydrogen-bond donors (Lipinski definition) is 2. The number of benzene rings is 3. The van der Waals surface area contributed by atoms with Crippen LogP contribution in [0.5, 0.6) is 11.5 Å². The molecule has 0 fully saturated rings. The van der Waals surface area contributed by atoms with E-state index in [2.05, 4.69) is 10.3 Å². The van der Waals surface area contributed by atoms with Gasteiger partial charge in [-0.1, -0.05) is 31.2 Å². The molecule has 1 heterocycles. The molecular weight excluding hydrogens is 455 g/mol. The van der Waals surface area contributed by atoms with Crippen molar-refractivity contribution in [2.24, 2.45) is 0 Å². The van der Waals surface area contributed by atoms with E-state index in [-0.39, 0.29) is 18.7 Å². The first-order valence-corrected chi connectivity index (χ1v) is 9.68. The molecule has 5 nitrogen and oxygen atoms in total. The first-order chi connectivity index (χ1) is 15.2. The molecule has 0 atom stereocenters. The largest absolute Gasteiger partial charge is 0.457 e. The second-order valence-electron chi connectivity index (χ2n) is 6.89. The maximum atomic E-state index is 13.1. The Morgan fingerprint density at radius 2 is 1.67 bits per heavy atom. The first kappa shape index (κ1) is 23.9. The molecule has 0 bridgehead atoms. The fraction of sp³-hybridized carbons (Fsp3) is 0.0833. The van der Waals surface area contributed by atoms with Gasteiger partial charge in [-0.25, -0.2) is 4.98 Å². The first-order valence-electron chi connectivity index (χ1n) is 9.30. The minimum atomic E-state index is -4.63. The van der Waals surface area contributed by atoms with E-state index >= 15 is 0 Å². The Hall–Kier alpha value is -3.78. The van der Waals surface area contributed by atoms with E-state index in [0.29, 0.717) is 22.7 Å². The van der Waals surface area contributed by atoms with Crippen molar-refractivity contribution in [2.75, 3.05) is 11.1 Å². The lowest BCUT2D eigenvalue weighted by Gasteiger charge is -2.12. The molecule has 4 aromatic rings. The van der Waals surface area contributed by atoms with Crippen LogP contribution in [0.25, 0.3) is 10.8 Å². The fourth-order valence-electron chi connectivity index (χ4n) is 3.08. The van der Waals surface area contributed by atoms with E-state index in [9.17, 15) is 18.0 Å². The molecule has 1 aromatic heterocycles. The van der Waals surface area contributed by atoms with Gasteiger partial charge in [0.1, 0.15) is 17.3 Å². The van der Waals surface area contributed by atoms with E-state index in [4.69, 9.17) is 22.1 Å². The van der Waals surface area contributed by atoms with Crippen LogP contribution < -0.4 is 15.8 Å². The number of hydrogen-bond acceptors (Lipinski definition) is 4. The van der Waals surface area contributed by atoms with Gasteiger partial charge in [0, 0.05) is 23.5 Å². The highest BCUT2D eigenvalue weighted by Gasteiger charge is 2.33. The highest BCUT2D eigenvalue weighted by molar-refractivity contribution is 6.31. The molecule has 170 valence electrons. The third kappa shape index (κ3) is 5.53. The van der Waals surface area contributed by atoms with Gasteiger partial charge < -0.3 is 15.8 Å². The van der Waals surface area contributed by atoms with E-state index in [1.807, 2.05) is 6.07 Å². The quantitative estimate of drug-likeness (QED) is 0.329. The maximum Gasteiger partial charge on any atom is 0.417 e. The van der Waals surface area contributed by atoms with Crippen LogP contribution in [0.15, 0.2) is 72.9 Å². The third-order valence-corrected chi connectivity index (χ3v) is 4.92. The molecule has 9 heteroatoms. The normalized spacial score (nSPS) is 11.0. The Labute approximate surface area is 193 Å².